The summed E-state index contributed by atoms with van der Waals surface area (Å²) >= 11 is 0. The minimum atomic E-state index is -4.16. The maximum absolute atomic E-state index is 11.3. The minimum Gasteiger partial charge on any atom is -0.756 e. The van der Waals surface area contributed by atoms with E-state index in [4.69, 9.17) is 21.6 Å². The van der Waals surface area contributed by atoms with Gasteiger partial charge in [-0.1, -0.05) is 5.82 Å². The van der Waals surface area contributed by atoms with Gasteiger partial charge in [-0.2, -0.15) is 0 Å². The van der Waals surface area contributed by atoms with Crippen molar-refractivity contribution in [3.63, 3.8) is 0 Å². The molecule has 0 aromatic heterocycles. The van der Waals surface area contributed by atoms with Crippen LogP contribution >= 0.6 is 7.82 Å². The smallest absolute Gasteiger partial charge is 0.268 e. The summed E-state index contributed by atoms with van der Waals surface area (Å²) in [7, 11) is 1.64. The van der Waals surface area contributed by atoms with Crippen molar-refractivity contribution in [3.05, 3.63) is 0 Å². The number of phosphoric acid groups is 1. The molecule has 0 bridgehead atoms. The zero-order chi connectivity index (χ0) is 12.0. The van der Waals surface area contributed by atoms with E-state index < -0.39 is 19.5 Å². The molecule has 2 fully saturated rings. The molecule has 5 nitrogen and oxygen atoms in total. The van der Waals surface area contributed by atoms with E-state index in [1.54, 1.807) is 0 Å². The van der Waals surface area contributed by atoms with Gasteiger partial charge in [-0.05, 0) is 26.7 Å². The number of rotatable bonds is 3. The molecule has 1 aliphatic heterocycles. The van der Waals surface area contributed by atoms with E-state index in [1.165, 1.54) is 0 Å². The quantitative estimate of drug-likeness (QED) is 0.543. The van der Waals surface area contributed by atoms with Crippen molar-refractivity contribution in [2.45, 2.75) is 50.3 Å². The van der Waals surface area contributed by atoms with Gasteiger partial charge in [-0.15, -0.1) is 0 Å². The van der Waals surface area contributed by atoms with Crippen molar-refractivity contribution in [3.8, 4) is 0 Å². The monoisotopic (exact) mass is 245 g/mol. The van der Waals surface area contributed by atoms with E-state index in [0.29, 0.717) is 12.8 Å². The van der Waals surface area contributed by atoms with E-state index >= 15 is 0 Å². The summed E-state index contributed by atoms with van der Waals surface area (Å²) in [5.74, 6) is -0.0962. The van der Waals surface area contributed by atoms with Crippen LogP contribution in [0.4, 0.5) is 0 Å². The molecule has 2 rings (SSSR count). The first-order valence-electron chi connectivity index (χ1n) is 5.40. The van der Waals surface area contributed by atoms with Crippen molar-refractivity contribution >= 4 is 15.7 Å². The van der Waals surface area contributed by atoms with E-state index in [9.17, 15) is 9.46 Å². The van der Waals surface area contributed by atoms with Crippen LogP contribution < -0.4 is 4.89 Å². The lowest BCUT2D eigenvalue weighted by atomic mass is 9.85. The van der Waals surface area contributed by atoms with Crippen LogP contribution in [0.15, 0.2) is 0 Å². The van der Waals surface area contributed by atoms with Gasteiger partial charge >= 0.3 is 0 Å². The van der Waals surface area contributed by atoms with E-state index in [1.807, 2.05) is 13.8 Å². The highest BCUT2D eigenvalue weighted by Crippen LogP contribution is 2.61. The predicted octanol–water partition coefficient (Wildman–Crippen LogP) is 0.785. The van der Waals surface area contributed by atoms with Crippen LogP contribution in [0, 0.1) is 0 Å². The van der Waals surface area contributed by atoms with Crippen LogP contribution in [0.5, 0.6) is 0 Å². The standard InChI is InChI=1S/C9H16BO5P/c1-6(2)13-5-9-4-7(10)3-8(9)14-16(11,12)15-9/h6-8H,3-5H2,1-2H3,(H,11,12)/p-1/t7-,8?,9-/m0/s1. The van der Waals surface area contributed by atoms with Crippen LogP contribution in [0.1, 0.15) is 26.7 Å². The van der Waals surface area contributed by atoms with Gasteiger partial charge in [0.2, 0.25) is 0 Å². The molecule has 1 saturated carbocycles. The number of hydrogen-bond donors (Lipinski definition) is 0. The first-order chi connectivity index (χ1) is 7.33. The fraction of sp³-hybridized carbons (Fsp3) is 1.00. The zero-order valence-electron chi connectivity index (χ0n) is 9.42. The van der Waals surface area contributed by atoms with E-state index in [2.05, 4.69) is 0 Å². The van der Waals surface area contributed by atoms with Crippen molar-refractivity contribution < 1.29 is 23.2 Å². The molecule has 1 saturated heterocycles. The molecule has 2 radical (unpaired) electrons. The lowest BCUT2D eigenvalue weighted by Crippen LogP contribution is -2.40. The van der Waals surface area contributed by atoms with Crippen molar-refractivity contribution in [1.29, 1.82) is 0 Å². The Morgan fingerprint density at radius 3 is 3.00 bits per heavy atom. The van der Waals surface area contributed by atoms with Crippen molar-refractivity contribution in [2.24, 2.45) is 0 Å². The van der Waals surface area contributed by atoms with Gasteiger partial charge in [0.15, 0.2) is 0 Å². The van der Waals surface area contributed by atoms with Crippen LogP contribution in [0.2, 0.25) is 5.82 Å². The molecular weight excluding hydrogens is 230 g/mol. The molecule has 0 N–H and O–H groups in total. The summed E-state index contributed by atoms with van der Waals surface area (Å²) in [6.07, 6.45) is 0.469. The first kappa shape index (κ1) is 12.6. The second-order valence-corrected chi connectivity index (χ2v) is 6.04. The highest BCUT2D eigenvalue weighted by atomic mass is 31.2. The Morgan fingerprint density at radius 2 is 2.38 bits per heavy atom. The molecule has 0 amide bonds. The van der Waals surface area contributed by atoms with Crippen LogP contribution in [-0.2, 0) is 18.3 Å². The molecule has 2 aliphatic rings. The average Bonchev–Trinajstić information content (AvgIpc) is 2.49. The fourth-order valence-electron chi connectivity index (χ4n) is 2.27. The van der Waals surface area contributed by atoms with E-state index in [-0.39, 0.29) is 18.5 Å². The predicted molar refractivity (Wildman–Crippen MR) is 56.1 cm³/mol. The third kappa shape index (κ3) is 2.36. The maximum Gasteiger partial charge on any atom is 0.268 e. The van der Waals surface area contributed by atoms with Gasteiger partial charge < -0.3 is 18.7 Å². The van der Waals surface area contributed by atoms with Gasteiger partial charge in [0, 0.05) is 0 Å². The number of fused-ring (bicyclic) bond motifs is 1. The van der Waals surface area contributed by atoms with E-state index in [0.717, 1.165) is 0 Å². The second-order valence-electron chi connectivity index (χ2n) is 4.76. The summed E-state index contributed by atoms with van der Waals surface area (Å²) in [5, 5.41) is 0. The zero-order valence-corrected chi connectivity index (χ0v) is 10.3. The lowest BCUT2D eigenvalue weighted by Gasteiger charge is -2.28. The maximum atomic E-state index is 11.3. The summed E-state index contributed by atoms with van der Waals surface area (Å²) in [6, 6.07) is 0. The summed E-state index contributed by atoms with van der Waals surface area (Å²) in [6.45, 7) is 3.97. The highest BCUT2D eigenvalue weighted by Gasteiger charge is 2.56. The Balaban J connectivity index is 2.11. The fourth-order valence-corrected chi connectivity index (χ4v) is 3.59. The summed E-state index contributed by atoms with van der Waals surface area (Å²) in [5.41, 5.74) is -0.902. The number of ether oxygens (including phenoxy) is 1. The topological polar surface area (TPSA) is 67.8 Å². The van der Waals surface area contributed by atoms with Gasteiger partial charge in [0.05, 0.1) is 26.7 Å². The van der Waals surface area contributed by atoms with Crippen LogP contribution in [0.25, 0.3) is 0 Å². The molecule has 16 heavy (non-hydrogen) atoms. The normalized spacial score (nSPS) is 47.5. The Labute approximate surface area is 96.5 Å². The molecule has 0 spiro atoms. The first-order valence-corrected chi connectivity index (χ1v) is 6.86. The van der Waals surface area contributed by atoms with Gasteiger partial charge in [0.25, 0.3) is 7.82 Å². The lowest BCUT2D eigenvalue weighted by molar-refractivity contribution is -0.219. The highest BCUT2D eigenvalue weighted by molar-refractivity contribution is 7.46. The molecule has 4 atom stereocenters. The Hall–Kier alpha value is 0.135. The molecule has 2 unspecified atom stereocenters. The van der Waals surface area contributed by atoms with Gasteiger partial charge in [-0.3, -0.25) is 4.57 Å². The minimum absolute atomic E-state index is 0.0158. The molecule has 1 heterocycles. The molecule has 0 aromatic rings. The Bertz CT molecular complexity index is 323. The molecular formula is C9H15BO5P-. The third-order valence-electron chi connectivity index (χ3n) is 2.92. The molecule has 1 aliphatic carbocycles. The number of phosphoric ester groups is 1. The van der Waals surface area contributed by atoms with Crippen LogP contribution in [-0.4, -0.2) is 32.3 Å². The van der Waals surface area contributed by atoms with Crippen LogP contribution in [0.3, 0.4) is 0 Å². The van der Waals surface area contributed by atoms with Crippen molar-refractivity contribution in [1.82, 2.24) is 0 Å². The molecule has 0 aromatic carbocycles. The molecule has 90 valence electrons. The number of hydrogen-bond acceptors (Lipinski definition) is 5. The summed E-state index contributed by atoms with van der Waals surface area (Å²) < 4.78 is 26.7. The Kier molecular flexibility index (Phi) is 3.23. The SMILES string of the molecule is [B][C@H]1CC2OP(=O)([O-])O[C@]2(COC(C)C)C1. The average molecular weight is 245 g/mol. The Morgan fingerprint density at radius 1 is 1.69 bits per heavy atom. The van der Waals surface area contributed by atoms with Gasteiger partial charge in [0.1, 0.15) is 5.60 Å². The van der Waals surface area contributed by atoms with Crippen molar-refractivity contribution in [2.75, 3.05) is 6.61 Å². The molecule has 7 heteroatoms. The largest absolute Gasteiger partial charge is 0.756 e. The third-order valence-corrected chi connectivity index (χ3v) is 4.02. The summed E-state index contributed by atoms with van der Waals surface area (Å²) in [4.78, 5) is 11.3. The second kappa shape index (κ2) is 4.11. The van der Waals surface area contributed by atoms with Gasteiger partial charge in [-0.25, -0.2) is 0 Å².